The minimum absolute atomic E-state index is 0.0342. The molecule has 2 rings (SSSR count). The predicted octanol–water partition coefficient (Wildman–Crippen LogP) is 2.80. The molecule has 0 saturated carbocycles. The Kier molecular flexibility index (Phi) is 2.19. The van der Waals surface area contributed by atoms with E-state index in [4.69, 9.17) is 4.84 Å². The summed E-state index contributed by atoms with van der Waals surface area (Å²) in [6, 6.07) is 3.77. The molecule has 0 unspecified atom stereocenters. The zero-order valence-electron chi connectivity index (χ0n) is 7.63. The number of hydrogen-bond acceptors (Lipinski definition) is 2. The van der Waals surface area contributed by atoms with E-state index >= 15 is 0 Å². The number of benzene rings is 1. The van der Waals surface area contributed by atoms with Crippen molar-refractivity contribution >= 4 is 5.71 Å². The Morgan fingerprint density at radius 2 is 2.00 bits per heavy atom. The van der Waals surface area contributed by atoms with Crippen molar-refractivity contribution in [2.24, 2.45) is 5.16 Å². The van der Waals surface area contributed by atoms with Crippen LogP contribution in [0.15, 0.2) is 23.4 Å². The first-order chi connectivity index (χ1) is 6.68. The molecule has 0 N–H and O–H groups in total. The minimum atomic E-state index is -0.615. The van der Waals surface area contributed by atoms with Crippen LogP contribution in [0.5, 0.6) is 0 Å². The molecule has 1 heterocycles. The van der Waals surface area contributed by atoms with Gasteiger partial charge in [-0.25, -0.2) is 8.78 Å². The molecule has 0 spiro atoms. The molecule has 0 fully saturated rings. The highest BCUT2D eigenvalue weighted by Gasteiger charge is 2.26. The highest BCUT2D eigenvalue weighted by Crippen LogP contribution is 2.30. The van der Waals surface area contributed by atoms with Crippen LogP contribution in [0.2, 0.25) is 0 Å². The zero-order chi connectivity index (χ0) is 10.1. The van der Waals surface area contributed by atoms with Gasteiger partial charge in [-0.2, -0.15) is 0 Å². The van der Waals surface area contributed by atoms with Gasteiger partial charge in [0.05, 0.1) is 11.3 Å². The van der Waals surface area contributed by atoms with Crippen molar-refractivity contribution < 1.29 is 13.6 Å². The Labute approximate surface area is 80.2 Å². The summed E-state index contributed by atoms with van der Waals surface area (Å²) in [5.41, 5.74) is 0.714. The molecule has 2 nitrogen and oxygen atoms in total. The summed E-state index contributed by atoms with van der Waals surface area (Å²) in [4.78, 5) is 4.92. The van der Waals surface area contributed by atoms with Crippen molar-refractivity contribution in [2.45, 2.75) is 19.4 Å². The van der Waals surface area contributed by atoms with E-state index in [9.17, 15) is 8.78 Å². The van der Waals surface area contributed by atoms with Gasteiger partial charge >= 0.3 is 0 Å². The molecule has 1 aromatic carbocycles. The molecule has 0 aromatic heterocycles. The third-order valence-corrected chi connectivity index (χ3v) is 2.14. The fraction of sp³-hybridized carbons (Fsp3) is 0.300. The van der Waals surface area contributed by atoms with Crippen LogP contribution in [-0.4, -0.2) is 5.71 Å². The molecule has 1 aliphatic heterocycles. The Morgan fingerprint density at radius 3 is 2.50 bits per heavy atom. The predicted molar refractivity (Wildman–Crippen MR) is 47.9 cm³/mol. The van der Waals surface area contributed by atoms with E-state index in [2.05, 4.69) is 5.16 Å². The fourth-order valence-corrected chi connectivity index (χ4v) is 1.47. The van der Waals surface area contributed by atoms with Crippen molar-refractivity contribution in [3.05, 3.63) is 35.4 Å². The van der Waals surface area contributed by atoms with Crippen LogP contribution in [0.4, 0.5) is 8.78 Å². The number of rotatable bonds is 1. The molecule has 1 aromatic rings. The molecule has 0 saturated heterocycles. The van der Waals surface area contributed by atoms with Gasteiger partial charge in [0.15, 0.2) is 6.10 Å². The molecule has 0 aliphatic carbocycles. The van der Waals surface area contributed by atoms with Gasteiger partial charge < -0.3 is 4.84 Å². The lowest BCUT2D eigenvalue weighted by Crippen LogP contribution is -2.04. The van der Waals surface area contributed by atoms with Crippen LogP contribution in [0, 0.1) is 11.6 Å². The van der Waals surface area contributed by atoms with Gasteiger partial charge in [-0.3, -0.25) is 0 Å². The Hall–Kier alpha value is -1.45. The normalized spacial score (nSPS) is 20.5. The van der Waals surface area contributed by atoms with Gasteiger partial charge in [0.2, 0.25) is 0 Å². The fourth-order valence-electron chi connectivity index (χ4n) is 1.47. The molecule has 0 amide bonds. The van der Waals surface area contributed by atoms with E-state index in [-0.39, 0.29) is 5.56 Å². The van der Waals surface area contributed by atoms with Gasteiger partial charge in [-0.1, -0.05) is 11.2 Å². The first kappa shape index (κ1) is 9.12. The molecular formula is C10H9F2NO. The third-order valence-electron chi connectivity index (χ3n) is 2.14. The van der Waals surface area contributed by atoms with Crippen LogP contribution >= 0.6 is 0 Å². The molecule has 1 atom stereocenters. The largest absolute Gasteiger partial charge is 0.387 e. The van der Waals surface area contributed by atoms with Crippen molar-refractivity contribution in [3.63, 3.8) is 0 Å². The quantitative estimate of drug-likeness (QED) is 0.678. The number of oxime groups is 1. The van der Waals surface area contributed by atoms with E-state index in [1.807, 2.05) is 0 Å². The second-order valence-electron chi connectivity index (χ2n) is 3.26. The van der Waals surface area contributed by atoms with Crippen molar-refractivity contribution in [1.29, 1.82) is 0 Å². The van der Waals surface area contributed by atoms with E-state index in [0.717, 1.165) is 5.71 Å². The molecule has 4 heteroatoms. The topological polar surface area (TPSA) is 21.6 Å². The second-order valence-corrected chi connectivity index (χ2v) is 3.26. The summed E-state index contributed by atoms with van der Waals surface area (Å²) in [6.45, 7) is 1.76. The van der Waals surface area contributed by atoms with Crippen molar-refractivity contribution in [2.75, 3.05) is 0 Å². The van der Waals surface area contributed by atoms with Crippen LogP contribution in [0.3, 0.4) is 0 Å². The monoisotopic (exact) mass is 197 g/mol. The van der Waals surface area contributed by atoms with E-state index in [0.29, 0.717) is 6.42 Å². The summed E-state index contributed by atoms with van der Waals surface area (Å²) >= 11 is 0. The summed E-state index contributed by atoms with van der Waals surface area (Å²) < 4.78 is 26.5. The Bertz CT molecular complexity index is 369. The number of halogens is 2. The van der Waals surface area contributed by atoms with Gasteiger partial charge in [0, 0.05) is 6.42 Å². The van der Waals surface area contributed by atoms with E-state index in [1.54, 1.807) is 6.92 Å². The van der Waals surface area contributed by atoms with Crippen LogP contribution in [-0.2, 0) is 4.84 Å². The molecular weight excluding hydrogens is 188 g/mol. The number of hydrogen-bond donors (Lipinski definition) is 0. The SMILES string of the molecule is CC1=NO[C@@H](c2c(F)cccc2F)C1. The smallest absolute Gasteiger partial charge is 0.163 e. The third kappa shape index (κ3) is 1.47. The average molecular weight is 197 g/mol. The molecule has 1 aliphatic rings. The maximum Gasteiger partial charge on any atom is 0.163 e. The summed E-state index contributed by atoms with van der Waals surface area (Å²) in [7, 11) is 0. The summed E-state index contributed by atoms with van der Waals surface area (Å²) in [6.07, 6.45) is -0.172. The average Bonchev–Trinajstić information content (AvgIpc) is 2.51. The highest BCUT2D eigenvalue weighted by molar-refractivity contribution is 5.83. The maximum atomic E-state index is 13.3. The maximum absolute atomic E-state index is 13.3. The summed E-state index contributed by atoms with van der Waals surface area (Å²) in [5.74, 6) is -1.17. The summed E-state index contributed by atoms with van der Waals surface area (Å²) in [5, 5.41) is 3.66. The lowest BCUT2D eigenvalue weighted by atomic mass is 10.0. The highest BCUT2D eigenvalue weighted by atomic mass is 19.1. The Morgan fingerprint density at radius 1 is 1.36 bits per heavy atom. The first-order valence-electron chi connectivity index (χ1n) is 4.31. The lowest BCUT2D eigenvalue weighted by Gasteiger charge is -2.10. The van der Waals surface area contributed by atoms with E-state index < -0.39 is 17.7 Å². The number of nitrogens with zero attached hydrogens (tertiary/aromatic N) is 1. The van der Waals surface area contributed by atoms with E-state index in [1.165, 1.54) is 18.2 Å². The van der Waals surface area contributed by atoms with Gasteiger partial charge in [-0.05, 0) is 19.1 Å². The minimum Gasteiger partial charge on any atom is -0.387 e. The first-order valence-corrected chi connectivity index (χ1v) is 4.31. The van der Waals surface area contributed by atoms with Gasteiger partial charge in [0.1, 0.15) is 11.6 Å². The zero-order valence-corrected chi connectivity index (χ0v) is 7.63. The van der Waals surface area contributed by atoms with Crippen molar-refractivity contribution in [3.8, 4) is 0 Å². The second kappa shape index (κ2) is 3.36. The van der Waals surface area contributed by atoms with Crippen LogP contribution < -0.4 is 0 Å². The van der Waals surface area contributed by atoms with Gasteiger partial charge in [0.25, 0.3) is 0 Å². The van der Waals surface area contributed by atoms with Crippen LogP contribution in [0.25, 0.3) is 0 Å². The lowest BCUT2D eigenvalue weighted by molar-refractivity contribution is 0.0800. The molecule has 0 radical (unpaired) electrons. The standard InChI is InChI=1S/C10H9F2NO/c1-6-5-9(14-13-6)10-7(11)3-2-4-8(10)12/h2-4,9H,5H2,1H3/t9-/m1/s1. The van der Waals surface area contributed by atoms with Crippen LogP contribution in [0.1, 0.15) is 25.0 Å². The van der Waals surface area contributed by atoms with Gasteiger partial charge in [-0.15, -0.1) is 0 Å². The van der Waals surface area contributed by atoms with Crippen molar-refractivity contribution in [1.82, 2.24) is 0 Å². The molecule has 0 bridgehead atoms. The molecule has 74 valence electrons. The Balaban J connectivity index is 2.33. The molecule has 14 heavy (non-hydrogen) atoms.